The number of rotatable bonds is 4. The largest absolute Gasteiger partial charge is 0.455 e. The van der Waals surface area contributed by atoms with Gasteiger partial charge in [0.25, 0.3) is 0 Å². The minimum absolute atomic E-state index is 0.0225. The van der Waals surface area contributed by atoms with Gasteiger partial charge in [0.15, 0.2) is 11.4 Å². The number of hydrogen-bond acceptors (Lipinski definition) is 10. The highest BCUT2D eigenvalue weighted by atomic mass is 16.6. The molecule has 0 spiro atoms. The van der Waals surface area contributed by atoms with E-state index in [1.165, 1.54) is 13.8 Å². The minimum atomic E-state index is -2.02. The van der Waals surface area contributed by atoms with Gasteiger partial charge in [-0.3, -0.25) is 9.59 Å². The second-order valence-corrected chi connectivity index (χ2v) is 12.5. The molecule has 1 unspecified atom stereocenters. The summed E-state index contributed by atoms with van der Waals surface area (Å²) in [7, 11) is 0. The monoisotopic (exact) mass is 558 g/mol. The van der Waals surface area contributed by atoms with E-state index in [0.29, 0.717) is 5.57 Å². The highest BCUT2D eigenvalue weighted by molar-refractivity contribution is 6.02. The van der Waals surface area contributed by atoms with Crippen molar-refractivity contribution < 1.29 is 49.0 Å². The fraction of sp³-hybridized carbons (Fsp3) is 0.633. The molecule has 40 heavy (non-hydrogen) atoms. The summed E-state index contributed by atoms with van der Waals surface area (Å²) in [6.45, 7) is 6.95. The van der Waals surface area contributed by atoms with Crippen molar-refractivity contribution in [3.8, 4) is 0 Å². The molecule has 4 aliphatic rings. The summed E-state index contributed by atoms with van der Waals surface area (Å²) in [5, 5.41) is 46.2. The fourth-order valence-electron chi connectivity index (χ4n) is 8.05. The van der Waals surface area contributed by atoms with Gasteiger partial charge < -0.3 is 34.6 Å². The van der Waals surface area contributed by atoms with E-state index < -0.39 is 82.6 Å². The average Bonchev–Trinajstić information content (AvgIpc) is 2.89. The number of ether oxygens (including phenoxy) is 3. The number of aliphatic hydroxyl groups excluding tert-OH is 3. The van der Waals surface area contributed by atoms with Crippen LogP contribution >= 0.6 is 0 Å². The molecule has 5 rings (SSSR count). The van der Waals surface area contributed by atoms with Gasteiger partial charge in [-0.15, -0.1) is 0 Å². The summed E-state index contributed by atoms with van der Waals surface area (Å²) in [5.41, 5.74) is -6.12. The van der Waals surface area contributed by atoms with Crippen molar-refractivity contribution >= 4 is 17.7 Å². The SMILES string of the molecule is CC(=O)O[C@@]12CO[C@@H]1C[C@H](O)[C@@]1(C)C(=O)/C(CO)=C3/C(C)[C@@H](O)C[C@@](O)([C@@H](OC(=O)c4ccccc4)[C@H]21)C3(C)C. The van der Waals surface area contributed by atoms with Crippen LogP contribution < -0.4 is 0 Å². The first kappa shape index (κ1) is 28.9. The molecule has 1 heterocycles. The number of carbonyl (C=O) groups excluding carboxylic acids is 3. The Bertz CT molecular complexity index is 1260. The predicted octanol–water partition coefficient (Wildman–Crippen LogP) is 1.33. The minimum Gasteiger partial charge on any atom is -0.455 e. The third-order valence-corrected chi connectivity index (χ3v) is 10.3. The molecule has 3 fully saturated rings. The molecule has 218 valence electrons. The summed E-state index contributed by atoms with van der Waals surface area (Å²) in [4.78, 5) is 40.7. The molecule has 10 heteroatoms. The van der Waals surface area contributed by atoms with Crippen molar-refractivity contribution in [2.45, 2.75) is 83.1 Å². The van der Waals surface area contributed by atoms with Crippen molar-refractivity contribution in [2.24, 2.45) is 22.7 Å². The Labute approximate surface area is 232 Å². The molecule has 3 aliphatic carbocycles. The maximum absolute atomic E-state index is 14.6. The molecular weight excluding hydrogens is 520 g/mol. The zero-order valence-electron chi connectivity index (χ0n) is 23.4. The van der Waals surface area contributed by atoms with E-state index in [-0.39, 0.29) is 30.6 Å². The normalized spacial score (nSPS) is 43.8. The Balaban J connectivity index is 1.84. The summed E-state index contributed by atoms with van der Waals surface area (Å²) >= 11 is 0. The Kier molecular flexibility index (Phi) is 6.83. The van der Waals surface area contributed by atoms with E-state index in [0.717, 1.165) is 0 Å². The number of Topliss-reactive ketones (excluding diaryl/α,β-unsaturated/α-hetero) is 1. The standard InChI is InChI=1S/C30H38O10/c1-15-19(33)12-30(37)25(39-26(36)17-9-7-6-8-10-17)23-28(5,24(35)18(13-31)22(15)27(30,3)4)20(34)11-21-29(23,14-38-21)40-16(2)32/h6-10,15,19-21,23,25,31,33-34,37H,11-14H2,1-5H3/b22-18-/t15?,19-,20-,21+,23-,25-,28+,29-,30+/m0/s1. The Morgan fingerprint density at radius 1 is 1.12 bits per heavy atom. The van der Waals surface area contributed by atoms with Crippen LogP contribution in [-0.4, -0.2) is 87.0 Å². The van der Waals surface area contributed by atoms with E-state index in [2.05, 4.69) is 0 Å². The highest BCUT2D eigenvalue weighted by Crippen LogP contribution is 2.64. The second kappa shape index (κ2) is 9.46. The number of benzene rings is 1. The van der Waals surface area contributed by atoms with Crippen molar-refractivity contribution in [1.82, 2.24) is 0 Å². The van der Waals surface area contributed by atoms with Crippen molar-refractivity contribution in [1.29, 1.82) is 0 Å². The van der Waals surface area contributed by atoms with Crippen molar-refractivity contribution in [3.05, 3.63) is 47.0 Å². The first-order chi connectivity index (χ1) is 18.7. The second-order valence-electron chi connectivity index (χ2n) is 12.5. The summed E-state index contributed by atoms with van der Waals surface area (Å²) in [5.74, 6) is -4.00. The molecule has 0 amide bonds. The van der Waals surface area contributed by atoms with Crippen LogP contribution in [0.25, 0.3) is 0 Å². The zero-order chi connectivity index (χ0) is 29.4. The molecule has 1 aliphatic heterocycles. The lowest BCUT2D eigenvalue weighted by molar-refractivity contribution is -0.345. The van der Waals surface area contributed by atoms with Gasteiger partial charge in [-0.05, 0) is 24.6 Å². The van der Waals surface area contributed by atoms with E-state index in [4.69, 9.17) is 14.2 Å². The third-order valence-electron chi connectivity index (χ3n) is 10.3. The van der Waals surface area contributed by atoms with Crippen LogP contribution in [0.15, 0.2) is 41.5 Å². The van der Waals surface area contributed by atoms with Crippen LogP contribution in [0.3, 0.4) is 0 Å². The van der Waals surface area contributed by atoms with Crippen LogP contribution in [0.1, 0.15) is 57.8 Å². The predicted molar refractivity (Wildman–Crippen MR) is 140 cm³/mol. The van der Waals surface area contributed by atoms with Crippen LogP contribution in [0.5, 0.6) is 0 Å². The van der Waals surface area contributed by atoms with Gasteiger partial charge in [-0.2, -0.15) is 0 Å². The number of ketones is 1. The number of carbonyl (C=O) groups is 3. The topological polar surface area (TPSA) is 160 Å². The lowest BCUT2D eigenvalue weighted by Gasteiger charge is -2.67. The third kappa shape index (κ3) is 3.69. The number of hydrogen-bond donors (Lipinski definition) is 4. The Morgan fingerprint density at radius 3 is 2.33 bits per heavy atom. The van der Waals surface area contributed by atoms with Crippen molar-refractivity contribution in [3.63, 3.8) is 0 Å². The Morgan fingerprint density at radius 2 is 1.77 bits per heavy atom. The van der Waals surface area contributed by atoms with Crippen LogP contribution in [0.4, 0.5) is 0 Å². The molecule has 1 saturated heterocycles. The van der Waals surface area contributed by atoms with Gasteiger partial charge in [0, 0.05) is 36.7 Å². The van der Waals surface area contributed by atoms with E-state index in [1.54, 1.807) is 51.1 Å². The molecule has 0 aromatic heterocycles. The molecule has 4 N–H and O–H groups in total. The summed E-state index contributed by atoms with van der Waals surface area (Å²) < 4.78 is 17.9. The maximum atomic E-state index is 14.6. The van der Waals surface area contributed by atoms with Gasteiger partial charge in [0.1, 0.15) is 17.8 Å². The number of aliphatic hydroxyl groups is 4. The molecule has 9 atom stereocenters. The fourth-order valence-corrected chi connectivity index (χ4v) is 8.05. The Hall–Kier alpha value is -2.63. The maximum Gasteiger partial charge on any atom is 0.338 e. The molecule has 2 saturated carbocycles. The van der Waals surface area contributed by atoms with Gasteiger partial charge in [0.05, 0.1) is 42.3 Å². The van der Waals surface area contributed by atoms with Crippen LogP contribution in [-0.2, 0) is 23.8 Å². The van der Waals surface area contributed by atoms with E-state index >= 15 is 0 Å². The lowest BCUT2D eigenvalue weighted by Crippen LogP contribution is -2.81. The van der Waals surface area contributed by atoms with Gasteiger partial charge in [-0.25, -0.2) is 4.79 Å². The first-order valence-electron chi connectivity index (χ1n) is 13.7. The van der Waals surface area contributed by atoms with Gasteiger partial charge >= 0.3 is 11.9 Å². The number of fused-ring (bicyclic) bond motifs is 5. The van der Waals surface area contributed by atoms with Crippen LogP contribution in [0.2, 0.25) is 0 Å². The van der Waals surface area contributed by atoms with Gasteiger partial charge in [0.2, 0.25) is 0 Å². The van der Waals surface area contributed by atoms with Gasteiger partial charge in [-0.1, -0.05) is 39.0 Å². The molecule has 2 bridgehead atoms. The van der Waals surface area contributed by atoms with E-state index in [9.17, 15) is 34.8 Å². The van der Waals surface area contributed by atoms with Crippen LogP contribution in [0, 0.1) is 22.7 Å². The smallest absolute Gasteiger partial charge is 0.338 e. The lowest BCUT2D eigenvalue weighted by atomic mass is 9.44. The highest BCUT2D eigenvalue weighted by Gasteiger charge is 2.77. The molecule has 1 aromatic carbocycles. The molecule has 0 radical (unpaired) electrons. The van der Waals surface area contributed by atoms with Crippen molar-refractivity contribution in [2.75, 3.05) is 13.2 Å². The summed E-state index contributed by atoms with van der Waals surface area (Å²) in [6, 6.07) is 8.13. The summed E-state index contributed by atoms with van der Waals surface area (Å²) in [6.07, 6.45) is -5.19. The van der Waals surface area contributed by atoms with E-state index in [1.807, 2.05) is 0 Å². The molecule has 1 aromatic rings. The quantitative estimate of drug-likeness (QED) is 0.397. The average molecular weight is 559 g/mol. The number of esters is 2. The zero-order valence-corrected chi connectivity index (χ0v) is 23.4. The molecular formula is C30H38O10. The first-order valence-corrected chi connectivity index (χ1v) is 13.7. The molecule has 10 nitrogen and oxygen atoms in total.